The highest BCUT2D eigenvalue weighted by Gasteiger charge is 2.35. The predicted molar refractivity (Wildman–Crippen MR) is 138 cm³/mol. The van der Waals surface area contributed by atoms with Gasteiger partial charge in [-0.15, -0.1) is 24.0 Å². The predicted octanol–water partition coefficient (Wildman–Crippen LogP) is 3.62. The van der Waals surface area contributed by atoms with Crippen LogP contribution in [0.1, 0.15) is 38.3 Å². The molecule has 1 atom stereocenters. The third-order valence-electron chi connectivity index (χ3n) is 6.16. The standard InChI is InChI=1S/C22H38ClN5O.HI/c1-6-28(7-2)20(18-10-8-9-11-19(18)23)16-25-21(24-3)26-17-22(27(4)5)12-14-29-15-13-22;/h8-11,20H,6-7,12-17H2,1-5H3,(H2,24,25,26);1H. The molecular weight excluding hydrogens is 513 g/mol. The fraction of sp³-hybridized carbons (Fsp3) is 0.682. The first-order chi connectivity index (χ1) is 14.0. The van der Waals surface area contributed by atoms with Gasteiger partial charge in [-0.1, -0.05) is 43.6 Å². The van der Waals surface area contributed by atoms with Gasteiger partial charge in [0.2, 0.25) is 0 Å². The largest absolute Gasteiger partial charge is 0.381 e. The van der Waals surface area contributed by atoms with E-state index >= 15 is 0 Å². The minimum atomic E-state index is 0. The Bertz CT molecular complexity index is 648. The van der Waals surface area contributed by atoms with Gasteiger partial charge in [0.1, 0.15) is 0 Å². The minimum absolute atomic E-state index is 0. The van der Waals surface area contributed by atoms with Crippen LogP contribution >= 0.6 is 35.6 Å². The molecule has 1 aliphatic heterocycles. The van der Waals surface area contributed by atoms with E-state index in [2.05, 4.69) is 65.5 Å². The molecule has 0 aromatic heterocycles. The summed E-state index contributed by atoms with van der Waals surface area (Å²) in [5.41, 5.74) is 1.24. The summed E-state index contributed by atoms with van der Waals surface area (Å²) in [5.74, 6) is 0.821. The maximum Gasteiger partial charge on any atom is 0.191 e. The van der Waals surface area contributed by atoms with Crippen molar-refractivity contribution in [1.82, 2.24) is 20.4 Å². The van der Waals surface area contributed by atoms with Gasteiger partial charge in [0, 0.05) is 43.9 Å². The molecule has 0 aliphatic carbocycles. The highest BCUT2D eigenvalue weighted by atomic mass is 127. The average molecular weight is 552 g/mol. The van der Waals surface area contributed by atoms with E-state index in [0.29, 0.717) is 0 Å². The Kier molecular flexibility index (Phi) is 12.5. The Labute approximate surface area is 204 Å². The van der Waals surface area contributed by atoms with Crippen LogP contribution in [0.5, 0.6) is 0 Å². The summed E-state index contributed by atoms with van der Waals surface area (Å²) in [6.45, 7) is 9.49. The number of aliphatic imine (C=N–C) groups is 1. The SMILES string of the molecule is CCN(CC)C(CNC(=NC)NCC1(N(C)C)CCOCC1)c1ccccc1Cl.I. The summed E-state index contributed by atoms with van der Waals surface area (Å²) in [6.07, 6.45) is 2.04. The van der Waals surface area contributed by atoms with Crippen LogP contribution in [-0.2, 0) is 4.74 Å². The van der Waals surface area contributed by atoms with Crippen LogP contribution in [0.4, 0.5) is 0 Å². The summed E-state index contributed by atoms with van der Waals surface area (Å²) in [4.78, 5) is 9.19. The van der Waals surface area contributed by atoms with Crippen molar-refractivity contribution in [2.45, 2.75) is 38.3 Å². The zero-order chi connectivity index (χ0) is 21.3. The van der Waals surface area contributed by atoms with Gasteiger partial charge in [-0.25, -0.2) is 0 Å². The molecule has 1 saturated heterocycles. The van der Waals surface area contributed by atoms with Crippen LogP contribution < -0.4 is 10.6 Å². The molecule has 2 rings (SSSR count). The van der Waals surface area contributed by atoms with Crippen molar-refractivity contribution < 1.29 is 4.74 Å². The molecule has 0 amide bonds. The molecule has 1 aromatic carbocycles. The molecule has 1 aromatic rings. The van der Waals surface area contributed by atoms with Gasteiger partial charge in [-0.3, -0.25) is 9.89 Å². The van der Waals surface area contributed by atoms with Crippen LogP contribution in [0, 0.1) is 0 Å². The third kappa shape index (κ3) is 7.22. The molecule has 0 saturated carbocycles. The number of hydrogen-bond donors (Lipinski definition) is 2. The number of nitrogens with zero attached hydrogens (tertiary/aromatic N) is 3. The van der Waals surface area contributed by atoms with Crippen molar-refractivity contribution >= 4 is 41.5 Å². The molecule has 172 valence electrons. The van der Waals surface area contributed by atoms with Crippen LogP contribution in [-0.4, -0.2) is 81.8 Å². The monoisotopic (exact) mass is 551 g/mol. The number of halogens is 2. The normalized spacial score (nSPS) is 17.5. The van der Waals surface area contributed by atoms with E-state index in [-0.39, 0.29) is 35.6 Å². The van der Waals surface area contributed by atoms with E-state index in [1.807, 2.05) is 19.2 Å². The maximum absolute atomic E-state index is 6.52. The van der Waals surface area contributed by atoms with Crippen molar-refractivity contribution in [3.8, 4) is 0 Å². The first kappa shape index (κ1) is 27.4. The quantitative estimate of drug-likeness (QED) is 0.279. The number of guanidine groups is 1. The Morgan fingerprint density at radius 2 is 1.80 bits per heavy atom. The van der Waals surface area contributed by atoms with Crippen molar-refractivity contribution in [1.29, 1.82) is 0 Å². The van der Waals surface area contributed by atoms with Crippen LogP contribution in [0.2, 0.25) is 5.02 Å². The Morgan fingerprint density at radius 3 is 2.33 bits per heavy atom. The van der Waals surface area contributed by atoms with E-state index in [1.54, 1.807) is 0 Å². The molecule has 6 nitrogen and oxygen atoms in total. The van der Waals surface area contributed by atoms with Crippen LogP contribution in [0.25, 0.3) is 0 Å². The van der Waals surface area contributed by atoms with E-state index < -0.39 is 0 Å². The van der Waals surface area contributed by atoms with E-state index in [4.69, 9.17) is 16.3 Å². The second-order valence-electron chi connectivity index (χ2n) is 7.80. The summed E-state index contributed by atoms with van der Waals surface area (Å²) < 4.78 is 5.58. The first-order valence-electron chi connectivity index (χ1n) is 10.7. The van der Waals surface area contributed by atoms with Crippen molar-refractivity contribution in [3.63, 3.8) is 0 Å². The summed E-state index contributed by atoms with van der Waals surface area (Å²) >= 11 is 6.52. The lowest BCUT2D eigenvalue weighted by atomic mass is 9.88. The van der Waals surface area contributed by atoms with Crippen LogP contribution in [0.3, 0.4) is 0 Å². The second-order valence-corrected chi connectivity index (χ2v) is 8.20. The zero-order valence-electron chi connectivity index (χ0n) is 19.1. The van der Waals surface area contributed by atoms with E-state index in [0.717, 1.165) is 68.8 Å². The van der Waals surface area contributed by atoms with Gasteiger partial charge in [0.05, 0.1) is 6.04 Å². The molecule has 1 aliphatic rings. The lowest BCUT2D eigenvalue weighted by Gasteiger charge is -2.43. The number of nitrogens with one attached hydrogen (secondary N) is 2. The van der Waals surface area contributed by atoms with Gasteiger partial charge in [0.25, 0.3) is 0 Å². The van der Waals surface area contributed by atoms with Gasteiger partial charge < -0.3 is 20.3 Å². The third-order valence-corrected chi connectivity index (χ3v) is 6.51. The lowest BCUT2D eigenvalue weighted by molar-refractivity contribution is -0.00502. The second kappa shape index (κ2) is 13.7. The van der Waals surface area contributed by atoms with Crippen molar-refractivity contribution in [3.05, 3.63) is 34.9 Å². The zero-order valence-corrected chi connectivity index (χ0v) is 22.2. The van der Waals surface area contributed by atoms with Gasteiger partial charge in [-0.2, -0.15) is 0 Å². The molecule has 30 heavy (non-hydrogen) atoms. The lowest BCUT2D eigenvalue weighted by Crippen LogP contribution is -2.57. The molecule has 8 heteroatoms. The maximum atomic E-state index is 6.52. The number of benzene rings is 1. The van der Waals surface area contributed by atoms with E-state index in [1.165, 1.54) is 0 Å². The minimum Gasteiger partial charge on any atom is -0.381 e. The van der Waals surface area contributed by atoms with Crippen molar-refractivity contribution in [2.24, 2.45) is 4.99 Å². The van der Waals surface area contributed by atoms with Crippen LogP contribution in [0.15, 0.2) is 29.3 Å². The van der Waals surface area contributed by atoms with Gasteiger partial charge in [-0.05, 0) is 51.7 Å². The van der Waals surface area contributed by atoms with E-state index in [9.17, 15) is 0 Å². The highest BCUT2D eigenvalue weighted by Crippen LogP contribution is 2.27. The molecule has 0 bridgehead atoms. The number of rotatable bonds is 9. The fourth-order valence-electron chi connectivity index (χ4n) is 4.04. The fourth-order valence-corrected chi connectivity index (χ4v) is 4.30. The summed E-state index contributed by atoms with van der Waals surface area (Å²) in [5, 5.41) is 7.88. The molecule has 0 spiro atoms. The topological polar surface area (TPSA) is 52.1 Å². The molecule has 1 fully saturated rings. The smallest absolute Gasteiger partial charge is 0.191 e. The van der Waals surface area contributed by atoms with Crippen molar-refractivity contribution in [2.75, 3.05) is 60.5 Å². The highest BCUT2D eigenvalue weighted by molar-refractivity contribution is 14.0. The number of ether oxygens (including phenoxy) is 1. The molecule has 0 radical (unpaired) electrons. The average Bonchev–Trinajstić information content (AvgIpc) is 2.74. The Morgan fingerprint density at radius 1 is 1.17 bits per heavy atom. The van der Waals surface area contributed by atoms with Gasteiger partial charge in [0.15, 0.2) is 5.96 Å². The molecule has 2 N–H and O–H groups in total. The van der Waals surface area contributed by atoms with Gasteiger partial charge >= 0.3 is 0 Å². The number of hydrogen-bond acceptors (Lipinski definition) is 4. The molecule has 1 heterocycles. The number of likely N-dealkylation sites (N-methyl/N-ethyl adjacent to an activating group) is 2. The Balaban J connectivity index is 0.00000450. The first-order valence-corrected chi connectivity index (χ1v) is 11.0. The molecular formula is C22H39ClIN5O. The molecule has 1 unspecified atom stereocenters. The Hall–Kier alpha value is -0.610. The summed E-state index contributed by atoms with van der Waals surface area (Å²) in [6, 6.07) is 8.30. The summed E-state index contributed by atoms with van der Waals surface area (Å²) in [7, 11) is 6.12.